The van der Waals surface area contributed by atoms with E-state index in [4.69, 9.17) is 0 Å². The van der Waals surface area contributed by atoms with E-state index in [1.165, 1.54) is 30.3 Å². The van der Waals surface area contributed by atoms with Gasteiger partial charge in [-0.2, -0.15) is 0 Å². The lowest BCUT2D eigenvalue weighted by molar-refractivity contribution is -0.384. The van der Waals surface area contributed by atoms with E-state index in [1.54, 1.807) is 12.2 Å². The zero-order valence-corrected chi connectivity index (χ0v) is 11.2. The molecule has 0 heterocycles. The van der Waals surface area contributed by atoms with Crippen LogP contribution >= 0.6 is 0 Å². The first-order valence-electron chi connectivity index (χ1n) is 6.35. The maximum Gasteiger partial charge on any atom is 0.269 e. The van der Waals surface area contributed by atoms with Gasteiger partial charge in [0.2, 0.25) is 0 Å². The van der Waals surface area contributed by atoms with E-state index in [-0.39, 0.29) is 11.5 Å². The first-order chi connectivity index (χ1) is 10.2. The minimum Gasteiger partial charge on any atom is -0.289 e. The SMILES string of the molecule is O=C(/C=C/C=C\c1ccccc1)c1ccc([N+](=O)[O-])cc1. The van der Waals surface area contributed by atoms with Crippen molar-refractivity contribution in [2.75, 3.05) is 0 Å². The number of nitro benzene ring substituents is 1. The van der Waals surface area contributed by atoms with Gasteiger partial charge >= 0.3 is 0 Å². The second-order valence-electron chi connectivity index (χ2n) is 4.30. The molecule has 0 N–H and O–H groups in total. The first-order valence-corrected chi connectivity index (χ1v) is 6.35. The number of hydrogen-bond donors (Lipinski definition) is 0. The fraction of sp³-hybridized carbons (Fsp3) is 0. The molecule has 21 heavy (non-hydrogen) atoms. The molecule has 104 valence electrons. The normalized spacial score (nSPS) is 11.0. The number of non-ortho nitro benzene ring substituents is 1. The molecule has 2 rings (SSSR count). The number of rotatable bonds is 5. The molecule has 0 aliphatic rings. The third kappa shape index (κ3) is 4.24. The molecule has 0 unspecified atom stereocenters. The molecule has 0 saturated carbocycles. The van der Waals surface area contributed by atoms with Crippen molar-refractivity contribution >= 4 is 17.5 Å². The van der Waals surface area contributed by atoms with Crippen LogP contribution in [-0.2, 0) is 0 Å². The summed E-state index contributed by atoms with van der Waals surface area (Å²) in [6.45, 7) is 0. The summed E-state index contributed by atoms with van der Waals surface area (Å²) in [5.74, 6) is -0.192. The van der Waals surface area contributed by atoms with Crippen LogP contribution in [0.2, 0.25) is 0 Å². The van der Waals surface area contributed by atoms with Gasteiger partial charge in [0.05, 0.1) is 4.92 Å². The smallest absolute Gasteiger partial charge is 0.269 e. The van der Waals surface area contributed by atoms with Crippen molar-refractivity contribution < 1.29 is 9.72 Å². The monoisotopic (exact) mass is 279 g/mol. The molecule has 0 bridgehead atoms. The standard InChI is InChI=1S/C17H13NO3/c19-17(15-10-12-16(13-11-15)18(20)21)9-5-4-8-14-6-2-1-3-7-14/h1-13H/b8-4-,9-5+. The Morgan fingerprint density at radius 3 is 2.24 bits per heavy atom. The summed E-state index contributed by atoms with van der Waals surface area (Å²) in [7, 11) is 0. The second kappa shape index (κ2) is 6.96. The van der Waals surface area contributed by atoms with E-state index >= 15 is 0 Å². The maximum atomic E-state index is 11.8. The van der Waals surface area contributed by atoms with Crippen LogP contribution in [0.25, 0.3) is 6.08 Å². The lowest BCUT2D eigenvalue weighted by Crippen LogP contribution is -1.94. The Morgan fingerprint density at radius 1 is 0.952 bits per heavy atom. The van der Waals surface area contributed by atoms with Crippen LogP contribution < -0.4 is 0 Å². The predicted molar refractivity (Wildman–Crippen MR) is 82.0 cm³/mol. The molecule has 2 aromatic carbocycles. The summed E-state index contributed by atoms with van der Waals surface area (Å²) in [5, 5.41) is 10.5. The van der Waals surface area contributed by atoms with Crippen LogP contribution in [0.5, 0.6) is 0 Å². The van der Waals surface area contributed by atoms with Gasteiger partial charge in [0.1, 0.15) is 0 Å². The topological polar surface area (TPSA) is 60.2 Å². The highest BCUT2D eigenvalue weighted by molar-refractivity contribution is 6.04. The third-order valence-electron chi connectivity index (χ3n) is 2.81. The third-order valence-corrected chi connectivity index (χ3v) is 2.81. The van der Waals surface area contributed by atoms with E-state index < -0.39 is 4.92 Å². The highest BCUT2D eigenvalue weighted by Crippen LogP contribution is 2.12. The zero-order valence-electron chi connectivity index (χ0n) is 11.2. The van der Waals surface area contributed by atoms with Gasteiger partial charge in [-0.25, -0.2) is 0 Å². The van der Waals surface area contributed by atoms with Gasteiger partial charge in [-0.15, -0.1) is 0 Å². The molecule has 0 fully saturated rings. The van der Waals surface area contributed by atoms with Gasteiger partial charge in [-0.3, -0.25) is 14.9 Å². The molecule has 0 saturated heterocycles. The Bertz CT molecular complexity index is 686. The fourth-order valence-electron chi connectivity index (χ4n) is 1.72. The molecule has 0 aliphatic carbocycles. The molecular weight excluding hydrogens is 266 g/mol. The van der Waals surface area contributed by atoms with Gasteiger partial charge in [0.15, 0.2) is 5.78 Å². The van der Waals surface area contributed by atoms with Gasteiger partial charge in [-0.05, 0) is 23.8 Å². The Morgan fingerprint density at radius 2 is 1.62 bits per heavy atom. The summed E-state index contributed by atoms with van der Waals surface area (Å²) in [6.07, 6.45) is 6.75. The molecular formula is C17H13NO3. The number of carbonyl (C=O) groups is 1. The molecule has 2 aromatic rings. The van der Waals surface area contributed by atoms with E-state index in [0.29, 0.717) is 5.56 Å². The van der Waals surface area contributed by atoms with Crippen molar-refractivity contribution in [1.82, 2.24) is 0 Å². The van der Waals surface area contributed by atoms with Gasteiger partial charge < -0.3 is 0 Å². The van der Waals surface area contributed by atoms with Gasteiger partial charge in [-0.1, -0.05) is 48.6 Å². The number of hydrogen-bond acceptors (Lipinski definition) is 3. The lowest BCUT2D eigenvalue weighted by Gasteiger charge is -1.95. The fourth-order valence-corrected chi connectivity index (χ4v) is 1.72. The minimum atomic E-state index is -0.493. The van der Waals surface area contributed by atoms with Gasteiger partial charge in [0.25, 0.3) is 5.69 Å². The average molecular weight is 279 g/mol. The first kappa shape index (κ1) is 14.4. The molecule has 0 spiro atoms. The maximum absolute atomic E-state index is 11.8. The van der Waals surface area contributed by atoms with Crippen molar-refractivity contribution in [3.05, 3.63) is 94.1 Å². The molecule has 0 aromatic heterocycles. The summed E-state index contributed by atoms with van der Waals surface area (Å²) in [5.41, 5.74) is 1.44. The molecule has 0 radical (unpaired) electrons. The number of nitrogens with zero attached hydrogens (tertiary/aromatic N) is 1. The molecule has 0 amide bonds. The van der Waals surface area contributed by atoms with Crippen molar-refractivity contribution in [1.29, 1.82) is 0 Å². The highest BCUT2D eigenvalue weighted by atomic mass is 16.6. The number of carbonyl (C=O) groups excluding carboxylic acids is 1. The number of ketones is 1. The second-order valence-corrected chi connectivity index (χ2v) is 4.30. The summed E-state index contributed by atoms with van der Waals surface area (Å²) in [6, 6.07) is 15.3. The molecule has 4 nitrogen and oxygen atoms in total. The minimum absolute atomic E-state index is 0.0282. The predicted octanol–water partition coefficient (Wildman–Crippen LogP) is 4.05. The van der Waals surface area contributed by atoms with E-state index in [2.05, 4.69) is 0 Å². The molecule has 0 aliphatic heterocycles. The van der Waals surface area contributed by atoms with Crippen LogP contribution in [0.4, 0.5) is 5.69 Å². The van der Waals surface area contributed by atoms with Crippen LogP contribution in [0.15, 0.2) is 72.8 Å². The van der Waals surface area contributed by atoms with Crippen LogP contribution in [0, 0.1) is 10.1 Å². The number of benzene rings is 2. The Labute approximate surface area is 122 Å². The van der Waals surface area contributed by atoms with Crippen LogP contribution in [-0.4, -0.2) is 10.7 Å². The summed E-state index contributed by atoms with van der Waals surface area (Å²) >= 11 is 0. The summed E-state index contributed by atoms with van der Waals surface area (Å²) in [4.78, 5) is 21.9. The zero-order chi connectivity index (χ0) is 15.1. The molecule has 4 heteroatoms. The Kier molecular flexibility index (Phi) is 4.77. The quantitative estimate of drug-likeness (QED) is 0.273. The van der Waals surface area contributed by atoms with E-state index in [1.807, 2.05) is 36.4 Å². The molecule has 0 atom stereocenters. The summed E-state index contributed by atoms with van der Waals surface area (Å²) < 4.78 is 0. The largest absolute Gasteiger partial charge is 0.289 e. The van der Waals surface area contributed by atoms with Crippen molar-refractivity contribution in [2.45, 2.75) is 0 Å². The lowest BCUT2D eigenvalue weighted by atomic mass is 10.1. The Balaban J connectivity index is 1.99. The average Bonchev–Trinajstić information content (AvgIpc) is 2.52. The number of allylic oxidation sites excluding steroid dienone is 3. The van der Waals surface area contributed by atoms with Crippen molar-refractivity contribution in [3.8, 4) is 0 Å². The van der Waals surface area contributed by atoms with Crippen LogP contribution in [0.3, 0.4) is 0 Å². The van der Waals surface area contributed by atoms with E-state index in [0.717, 1.165) is 5.56 Å². The highest BCUT2D eigenvalue weighted by Gasteiger charge is 2.06. The van der Waals surface area contributed by atoms with Crippen LogP contribution in [0.1, 0.15) is 15.9 Å². The van der Waals surface area contributed by atoms with Crippen molar-refractivity contribution in [2.24, 2.45) is 0 Å². The van der Waals surface area contributed by atoms with Gasteiger partial charge in [0, 0.05) is 17.7 Å². The number of nitro groups is 1. The van der Waals surface area contributed by atoms with Crippen molar-refractivity contribution in [3.63, 3.8) is 0 Å². The Hall–Kier alpha value is -3.01. The van der Waals surface area contributed by atoms with E-state index in [9.17, 15) is 14.9 Å².